The number of nitrogens with zero attached hydrogens (tertiary/aromatic N) is 2. The summed E-state index contributed by atoms with van der Waals surface area (Å²) in [7, 11) is 3.13. The van der Waals surface area contributed by atoms with E-state index in [0.29, 0.717) is 0 Å². The summed E-state index contributed by atoms with van der Waals surface area (Å²) in [6.07, 6.45) is -4.76. The van der Waals surface area contributed by atoms with Crippen LogP contribution in [0.2, 0.25) is 0 Å². The molecule has 0 aliphatic carbocycles. The van der Waals surface area contributed by atoms with Gasteiger partial charge < -0.3 is 15.0 Å². The first kappa shape index (κ1) is 22.7. The van der Waals surface area contributed by atoms with Gasteiger partial charge in [0.05, 0.1) is 28.3 Å². The molecule has 2 aromatic rings. The molecular formula is C19H18F3N3O5. The number of amides is 1. The first-order chi connectivity index (χ1) is 13.9. The second kappa shape index (κ2) is 8.80. The maximum atomic E-state index is 13.4. The van der Waals surface area contributed by atoms with Gasteiger partial charge in [0.1, 0.15) is 0 Å². The topological polar surface area (TPSA) is 102 Å². The van der Waals surface area contributed by atoms with Gasteiger partial charge in [-0.1, -0.05) is 0 Å². The third kappa shape index (κ3) is 5.25. The smallest absolute Gasteiger partial charge is 0.418 e. The SMILES string of the molecule is CCOC(=O)c1cc(C(=O)Nc2ccc(N(C)C)cc2C(F)(F)F)cc([N+](=O)[O-])c1. The van der Waals surface area contributed by atoms with Gasteiger partial charge in [0, 0.05) is 37.5 Å². The zero-order valence-electron chi connectivity index (χ0n) is 16.2. The number of carbonyl (C=O) groups excluding carboxylic acids is 2. The van der Waals surface area contributed by atoms with Crippen LogP contribution < -0.4 is 10.2 Å². The standard InChI is InChI=1S/C19H18F3N3O5/c1-4-30-18(27)12-7-11(8-14(9-12)25(28)29)17(26)23-16-6-5-13(24(2)3)10-15(16)19(20,21)22/h5-10H,4H2,1-3H3,(H,23,26). The monoisotopic (exact) mass is 425 g/mol. The summed E-state index contributed by atoms with van der Waals surface area (Å²) >= 11 is 0. The second-order valence-electron chi connectivity index (χ2n) is 6.32. The number of hydrogen-bond donors (Lipinski definition) is 1. The van der Waals surface area contributed by atoms with Crippen molar-refractivity contribution in [2.75, 3.05) is 30.9 Å². The van der Waals surface area contributed by atoms with Crippen LogP contribution >= 0.6 is 0 Å². The molecule has 11 heteroatoms. The van der Waals surface area contributed by atoms with Crippen molar-refractivity contribution in [3.8, 4) is 0 Å². The highest BCUT2D eigenvalue weighted by Crippen LogP contribution is 2.37. The average Bonchev–Trinajstić information content (AvgIpc) is 2.67. The highest BCUT2D eigenvalue weighted by Gasteiger charge is 2.34. The number of ether oxygens (including phenoxy) is 1. The van der Waals surface area contributed by atoms with Crippen molar-refractivity contribution >= 4 is 28.9 Å². The number of esters is 1. The Morgan fingerprint density at radius 2 is 1.77 bits per heavy atom. The molecule has 0 radical (unpaired) electrons. The van der Waals surface area contributed by atoms with Crippen molar-refractivity contribution in [2.24, 2.45) is 0 Å². The van der Waals surface area contributed by atoms with Crippen molar-refractivity contribution in [1.29, 1.82) is 0 Å². The van der Waals surface area contributed by atoms with Crippen molar-refractivity contribution in [2.45, 2.75) is 13.1 Å². The van der Waals surface area contributed by atoms with E-state index in [1.807, 2.05) is 0 Å². The molecule has 0 heterocycles. The Morgan fingerprint density at radius 1 is 1.13 bits per heavy atom. The maximum absolute atomic E-state index is 13.4. The molecule has 0 spiro atoms. The quantitative estimate of drug-likeness (QED) is 0.425. The molecule has 2 aromatic carbocycles. The number of alkyl halides is 3. The number of anilines is 2. The zero-order valence-corrected chi connectivity index (χ0v) is 16.2. The van der Waals surface area contributed by atoms with E-state index in [1.165, 1.54) is 17.9 Å². The molecule has 1 amide bonds. The first-order valence-corrected chi connectivity index (χ1v) is 8.60. The van der Waals surface area contributed by atoms with Crippen LogP contribution in [0.5, 0.6) is 0 Å². The largest absolute Gasteiger partial charge is 0.462 e. The predicted molar refractivity (Wildman–Crippen MR) is 103 cm³/mol. The van der Waals surface area contributed by atoms with Crippen LogP contribution in [-0.2, 0) is 10.9 Å². The van der Waals surface area contributed by atoms with E-state index in [0.717, 1.165) is 30.3 Å². The molecule has 0 aliphatic heterocycles. The minimum absolute atomic E-state index is 0.00375. The Balaban J connectivity index is 2.47. The molecule has 0 unspecified atom stereocenters. The number of non-ortho nitro benzene ring substituents is 1. The highest BCUT2D eigenvalue weighted by atomic mass is 19.4. The van der Waals surface area contributed by atoms with Crippen LogP contribution in [0.25, 0.3) is 0 Å². The molecule has 160 valence electrons. The molecule has 30 heavy (non-hydrogen) atoms. The summed E-state index contributed by atoms with van der Waals surface area (Å²) in [6, 6.07) is 6.12. The fourth-order valence-electron chi connectivity index (χ4n) is 2.53. The van der Waals surface area contributed by atoms with Crippen molar-refractivity contribution in [3.63, 3.8) is 0 Å². The van der Waals surface area contributed by atoms with Gasteiger partial charge >= 0.3 is 12.1 Å². The Hall–Kier alpha value is -3.63. The first-order valence-electron chi connectivity index (χ1n) is 8.60. The molecule has 0 saturated heterocycles. The lowest BCUT2D eigenvalue weighted by Crippen LogP contribution is -2.19. The van der Waals surface area contributed by atoms with E-state index >= 15 is 0 Å². The van der Waals surface area contributed by atoms with Crippen molar-refractivity contribution in [1.82, 2.24) is 0 Å². The Kier molecular flexibility index (Phi) is 6.65. The van der Waals surface area contributed by atoms with Crippen LogP contribution in [0.1, 0.15) is 33.2 Å². The van der Waals surface area contributed by atoms with Gasteiger partial charge in [0.25, 0.3) is 11.6 Å². The van der Waals surface area contributed by atoms with Crippen LogP contribution in [0.4, 0.5) is 30.2 Å². The summed E-state index contributed by atoms with van der Waals surface area (Å²) in [5, 5.41) is 13.2. The van der Waals surface area contributed by atoms with E-state index < -0.39 is 39.9 Å². The lowest BCUT2D eigenvalue weighted by Gasteiger charge is -2.18. The normalized spacial score (nSPS) is 11.0. The van der Waals surface area contributed by atoms with Gasteiger partial charge in [-0.05, 0) is 31.2 Å². The van der Waals surface area contributed by atoms with Gasteiger partial charge in [0.2, 0.25) is 0 Å². The minimum atomic E-state index is -4.76. The van der Waals surface area contributed by atoms with Crippen LogP contribution in [0, 0.1) is 10.1 Å². The van der Waals surface area contributed by atoms with Gasteiger partial charge in [-0.2, -0.15) is 13.2 Å². The number of carbonyl (C=O) groups is 2. The summed E-state index contributed by atoms with van der Waals surface area (Å²) in [5.74, 6) is -1.95. The third-order valence-corrected chi connectivity index (χ3v) is 3.98. The van der Waals surface area contributed by atoms with E-state index in [1.54, 1.807) is 14.1 Å². The van der Waals surface area contributed by atoms with E-state index in [4.69, 9.17) is 4.74 Å². The molecule has 0 aliphatic rings. The summed E-state index contributed by atoms with van der Waals surface area (Å²) in [4.78, 5) is 36.2. The van der Waals surface area contributed by atoms with E-state index in [9.17, 15) is 32.9 Å². The zero-order chi connectivity index (χ0) is 22.6. The molecule has 8 nitrogen and oxygen atoms in total. The molecule has 0 atom stereocenters. The molecule has 0 aromatic heterocycles. The molecule has 0 fully saturated rings. The van der Waals surface area contributed by atoms with Gasteiger partial charge in [0.15, 0.2) is 0 Å². The predicted octanol–water partition coefficient (Wildman–Crippen LogP) is 4.11. The summed E-state index contributed by atoms with van der Waals surface area (Å²) < 4.78 is 45.1. The number of nitro benzene ring substituents is 1. The van der Waals surface area contributed by atoms with Crippen LogP contribution in [0.3, 0.4) is 0 Å². The highest BCUT2D eigenvalue weighted by molar-refractivity contribution is 6.06. The summed E-state index contributed by atoms with van der Waals surface area (Å²) in [5.41, 5.74) is -2.56. The number of benzene rings is 2. The molecular weight excluding hydrogens is 407 g/mol. The van der Waals surface area contributed by atoms with Crippen LogP contribution in [-0.4, -0.2) is 37.5 Å². The number of hydrogen-bond acceptors (Lipinski definition) is 6. The van der Waals surface area contributed by atoms with Crippen LogP contribution in [0.15, 0.2) is 36.4 Å². The van der Waals surface area contributed by atoms with E-state index in [-0.39, 0.29) is 23.4 Å². The lowest BCUT2D eigenvalue weighted by atomic mass is 10.1. The van der Waals surface area contributed by atoms with E-state index in [2.05, 4.69) is 5.32 Å². The van der Waals surface area contributed by atoms with Crippen molar-refractivity contribution < 1.29 is 32.4 Å². The van der Waals surface area contributed by atoms with Crippen molar-refractivity contribution in [3.05, 3.63) is 63.2 Å². The fourth-order valence-corrected chi connectivity index (χ4v) is 2.53. The Bertz CT molecular complexity index is 990. The molecule has 0 saturated carbocycles. The van der Waals surface area contributed by atoms with Gasteiger partial charge in [-0.25, -0.2) is 4.79 Å². The fraction of sp³-hybridized carbons (Fsp3) is 0.263. The lowest BCUT2D eigenvalue weighted by molar-refractivity contribution is -0.384. The summed E-state index contributed by atoms with van der Waals surface area (Å²) in [6.45, 7) is 1.52. The second-order valence-corrected chi connectivity index (χ2v) is 6.32. The molecule has 0 bridgehead atoms. The number of halogens is 3. The maximum Gasteiger partial charge on any atom is 0.418 e. The third-order valence-electron chi connectivity index (χ3n) is 3.98. The number of nitro groups is 1. The number of rotatable bonds is 6. The average molecular weight is 425 g/mol. The van der Waals surface area contributed by atoms with Gasteiger partial charge in [-0.3, -0.25) is 14.9 Å². The Labute approximate surface area is 169 Å². The number of nitrogens with one attached hydrogen (secondary N) is 1. The molecule has 1 N–H and O–H groups in total. The molecule has 2 rings (SSSR count). The minimum Gasteiger partial charge on any atom is -0.462 e. The Morgan fingerprint density at radius 3 is 2.30 bits per heavy atom. The van der Waals surface area contributed by atoms with Gasteiger partial charge in [-0.15, -0.1) is 0 Å².